The third kappa shape index (κ3) is 3.59. The molecule has 23 heavy (non-hydrogen) atoms. The van der Waals surface area contributed by atoms with Crippen LogP contribution in [-0.2, 0) is 6.42 Å². The molecule has 0 aromatic heterocycles. The number of para-hydroxylation sites is 1. The Morgan fingerprint density at radius 1 is 1.13 bits per heavy atom. The lowest BCUT2D eigenvalue weighted by Crippen LogP contribution is -2.39. The van der Waals surface area contributed by atoms with Crippen LogP contribution in [0.3, 0.4) is 0 Å². The predicted octanol–water partition coefficient (Wildman–Crippen LogP) is 2.89. The Kier molecular flexibility index (Phi) is 4.72. The van der Waals surface area contributed by atoms with E-state index < -0.39 is 6.10 Å². The second kappa shape index (κ2) is 6.92. The van der Waals surface area contributed by atoms with Crippen LogP contribution in [0.5, 0.6) is 11.5 Å². The van der Waals surface area contributed by atoms with Gasteiger partial charge in [-0.25, -0.2) is 0 Å². The van der Waals surface area contributed by atoms with Crippen molar-refractivity contribution in [2.24, 2.45) is 0 Å². The molecule has 2 atom stereocenters. The Morgan fingerprint density at radius 2 is 1.83 bits per heavy atom. The first-order valence-corrected chi connectivity index (χ1v) is 7.97. The first kappa shape index (κ1) is 15.7. The van der Waals surface area contributed by atoms with Gasteiger partial charge in [-0.15, -0.1) is 0 Å². The number of aliphatic hydroxyl groups excluding tert-OH is 1. The summed E-state index contributed by atoms with van der Waals surface area (Å²) in [6, 6.07) is 16.2. The van der Waals surface area contributed by atoms with Crippen LogP contribution >= 0.6 is 0 Å². The molecule has 0 fully saturated rings. The van der Waals surface area contributed by atoms with Gasteiger partial charge in [0.05, 0.1) is 7.11 Å². The van der Waals surface area contributed by atoms with Crippen molar-refractivity contribution in [2.45, 2.75) is 25.5 Å². The topological polar surface area (TPSA) is 41.9 Å². The highest BCUT2D eigenvalue weighted by Gasteiger charge is 2.27. The van der Waals surface area contributed by atoms with Gasteiger partial charge in [-0.2, -0.15) is 0 Å². The standard InChI is InChI=1S/C19H23NO3/c1-14-11-15-5-3-4-6-19(15)20(14)12-16(21)13-23-18-9-7-17(22-2)8-10-18/h3-10,14,16,21H,11-13H2,1-2H3/t14-,16+/m0/s1. The zero-order chi connectivity index (χ0) is 16.2. The van der Waals surface area contributed by atoms with E-state index in [1.807, 2.05) is 30.3 Å². The first-order chi connectivity index (χ1) is 11.2. The van der Waals surface area contributed by atoms with Gasteiger partial charge in [0, 0.05) is 18.3 Å². The number of anilines is 1. The van der Waals surface area contributed by atoms with Crippen LogP contribution in [0.4, 0.5) is 5.69 Å². The molecule has 0 saturated heterocycles. The van der Waals surface area contributed by atoms with E-state index in [1.54, 1.807) is 7.11 Å². The lowest BCUT2D eigenvalue weighted by atomic mass is 10.1. The van der Waals surface area contributed by atoms with Crippen LogP contribution in [0, 0.1) is 0 Å². The maximum Gasteiger partial charge on any atom is 0.119 e. The van der Waals surface area contributed by atoms with Gasteiger partial charge in [-0.1, -0.05) is 18.2 Å². The number of aliphatic hydroxyl groups is 1. The number of rotatable bonds is 6. The second-order valence-corrected chi connectivity index (χ2v) is 5.97. The Bertz CT molecular complexity index is 641. The summed E-state index contributed by atoms with van der Waals surface area (Å²) >= 11 is 0. The van der Waals surface area contributed by atoms with Crippen molar-refractivity contribution in [3.8, 4) is 11.5 Å². The SMILES string of the molecule is COc1ccc(OC[C@H](O)CN2c3ccccc3C[C@@H]2C)cc1. The fourth-order valence-electron chi connectivity index (χ4n) is 3.05. The molecule has 0 radical (unpaired) electrons. The summed E-state index contributed by atoms with van der Waals surface area (Å²) in [7, 11) is 1.63. The fraction of sp³-hybridized carbons (Fsp3) is 0.368. The molecule has 122 valence electrons. The van der Waals surface area contributed by atoms with Gasteiger partial charge in [-0.05, 0) is 49.2 Å². The fourth-order valence-corrected chi connectivity index (χ4v) is 3.05. The van der Waals surface area contributed by atoms with Crippen molar-refractivity contribution in [1.29, 1.82) is 0 Å². The van der Waals surface area contributed by atoms with Crippen molar-refractivity contribution >= 4 is 5.69 Å². The minimum Gasteiger partial charge on any atom is -0.497 e. The molecule has 0 spiro atoms. The maximum atomic E-state index is 10.3. The van der Waals surface area contributed by atoms with Crippen molar-refractivity contribution < 1.29 is 14.6 Å². The minimum atomic E-state index is -0.536. The third-order valence-corrected chi connectivity index (χ3v) is 4.26. The summed E-state index contributed by atoms with van der Waals surface area (Å²) in [5.41, 5.74) is 2.58. The smallest absolute Gasteiger partial charge is 0.119 e. The lowest BCUT2D eigenvalue weighted by molar-refractivity contribution is 0.111. The minimum absolute atomic E-state index is 0.276. The van der Waals surface area contributed by atoms with Gasteiger partial charge in [0.1, 0.15) is 24.2 Å². The van der Waals surface area contributed by atoms with Gasteiger partial charge in [0.15, 0.2) is 0 Å². The number of methoxy groups -OCH3 is 1. The predicted molar refractivity (Wildman–Crippen MR) is 91.4 cm³/mol. The Balaban J connectivity index is 1.56. The molecule has 2 aromatic carbocycles. The Hall–Kier alpha value is -2.20. The van der Waals surface area contributed by atoms with Crippen LogP contribution < -0.4 is 14.4 Å². The molecule has 1 aliphatic heterocycles. The number of β-amino-alcohol motifs (C(OH)–C–C–N with tert-alkyl or cyclic N) is 1. The van der Waals surface area contributed by atoms with Crippen molar-refractivity contribution in [2.75, 3.05) is 25.2 Å². The Morgan fingerprint density at radius 3 is 2.57 bits per heavy atom. The number of hydrogen-bond acceptors (Lipinski definition) is 4. The summed E-state index contributed by atoms with van der Waals surface area (Å²) < 4.78 is 10.8. The quantitative estimate of drug-likeness (QED) is 0.890. The highest BCUT2D eigenvalue weighted by Crippen LogP contribution is 2.31. The molecule has 2 aromatic rings. The van der Waals surface area contributed by atoms with E-state index in [0.717, 1.165) is 17.9 Å². The first-order valence-electron chi connectivity index (χ1n) is 7.97. The lowest BCUT2D eigenvalue weighted by Gasteiger charge is -2.27. The molecule has 4 nitrogen and oxygen atoms in total. The van der Waals surface area contributed by atoms with E-state index in [-0.39, 0.29) is 6.61 Å². The van der Waals surface area contributed by atoms with Crippen LogP contribution in [-0.4, -0.2) is 37.5 Å². The zero-order valence-corrected chi connectivity index (χ0v) is 13.6. The van der Waals surface area contributed by atoms with Gasteiger partial charge < -0.3 is 19.5 Å². The van der Waals surface area contributed by atoms with Gasteiger partial charge in [-0.3, -0.25) is 0 Å². The van der Waals surface area contributed by atoms with E-state index in [1.165, 1.54) is 11.3 Å². The normalized spacial score (nSPS) is 17.7. The molecule has 0 aliphatic carbocycles. The summed E-state index contributed by atoms with van der Waals surface area (Å²) in [4.78, 5) is 2.26. The molecule has 0 bridgehead atoms. The molecule has 4 heteroatoms. The molecular weight excluding hydrogens is 290 g/mol. The number of fused-ring (bicyclic) bond motifs is 1. The highest BCUT2D eigenvalue weighted by molar-refractivity contribution is 5.59. The monoisotopic (exact) mass is 313 g/mol. The van der Waals surface area contributed by atoms with Crippen molar-refractivity contribution in [1.82, 2.24) is 0 Å². The van der Waals surface area contributed by atoms with Crippen LogP contribution in [0.15, 0.2) is 48.5 Å². The van der Waals surface area contributed by atoms with E-state index in [0.29, 0.717) is 12.6 Å². The second-order valence-electron chi connectivity index (χ2n) is 5.97. The largest absolute Gasteiger partial charge is 0.497 e. The number of ether oxygens (including phenoxy) is 2. The van der Waals surface area contributed by atoms with E-state index in [2.05, 4.69) is 30.0 Å². The molecule has 1 aliphatic rings. The molecule has 1 heterocycles. The molecular formula is C19H23NO3. The third-order valence-electron chi connectivity index (χ3n) is 4.26. The molecule has 0 amide bonds. The molecule has 0 unspecified atom stereocenters. The van der Waals surface area contributed by atoms with E-state index in [4.69, 9.17) is 9.47 Å². The summed E-state index contributed by atoms with van der Waals surface area (Å²) in [5.74, 6) is 1.53. The van der Waals surface area contributed by atoms with E-state index >= 15 is 0 Å². The Labute approximate surface area is 137 Å². The van der Waals surface area contributed by atoms with Crippen LogP contribution in [0.2, 0.25) is 0 Å². The number of nitrogens with zero attached hydrogens (tertiary/aromatic N) is 1. The van der Waals surface area contributed by atoms with Gasteiger partial charge in [0.25, 0.3) is 0 Å². The summed E-state index contributed by atoms with van der Waals surface area (Å²) in [6.07, 6.45) is 0.494. The summed E-state index contributed by atoms with van der Waals surface area (Å²) in [6.45, 7) is 3.04. The van der Waals surface area contributed by atoms with E-state index in [9.17, 15) is 5.11 Å². The average molecular weight is 313 g/mol. The highest BCUT2D eigenvalue weighted by atomic mass is 16.5. The molecule has 3 rings (SSSR count). The number of hydrogen-bond donors (Lipinski definition) is 1. The molecule has 1 N–H and O–H groups in total. The zero-order valence-electron chi connectivity index (χ0n) is 13.6. The maximum absolute atomic E-state index is 10.3. The van der Waals surface area contributed by atoms with Crippen molar-refractivity contribution in [3.05, 3.63) is 54.1 Å². The van der Waals surface area contributed by atoms with Crippen LogP contribution in [0.1, 0.15) is 12.5 Å². The number of benzene rings is 2. The van der Waals surface area contributed by atoms with Gasteiger partial charge in [0.2, 0.25) is 0 Å². The van der Waals surface area contributed by atoms with Crippen LogP contribution in [0.25, 0.3) is 0 Å². The summed E-state index contributed by atoms with van der Waals surface area (Å²) in [5, 5.41) is 10.3. The van der Waals surface area contributed by atoms with Gasteiger partial charge >= 0.3 is 0 Å². The average Bonchev–Trinajstić information content (AvgIpc) is 2.89. The molecule has 0 saturated carbocycles. The van der Waals surface area contributed by atoms with Crippen molar-refractivity contribution in [3.63, 3.8) is 0 Å².